The van der Waals surface area contributed by atoms with Crippen LogP contribution in [0.25, 0.3) is 5.57 Å². The summed E-state index contributed by atoms with van der Waals surface area (Å²) in [4.78, 5) is 39.8. The summed E-state index contributed by atoms with van der Waals surface area (Å²) in [5.41, 5.74) is 8.94. The molecule has 1 amide bonds. The third-order valence-corrected chi connectivity index (χ3v) is 6.75. The van der Waals surface area contributed by atoms with E-state index < -0.39 is 5.91 Å². The number of hydrogen-bond donors (Lipinski definition) is 2. The average Bonchev–Trinajstić information content (AvgIpc) is 3.01. The van der Waals surface area contributed by atoms with Crippen molar-refractivity contribution in [2.24, 2.45) is 16.6 Å². The van der Waals surface area contributed by atoms with Gasteiger partial charge < -0.3 is 25.6 Å². The number of aldehydes is 1. The molecule has 0 aliphatic carbocycles. The van der Waals surface area contributed by atoms with Gasteiger partial charge in [-0.2, -0.15) is 0 Å². The molecule has 0 radical (unpaired) electrons. The summed E-state index contributed by atoms with van der Waals surface area (Å²) in [6, 6.07) is 16.1. The lowest BCUT2D eigenvalue weighted by atomic mass is 9.93. The van der Waals surface area contributed by atoms with E-state index in [1.54, 1.807) is 30.5 Å². The molecule has 41 heavy (non-hydrogen) atoms. The lowest BCUT2D eigenvalue weighted by Crippen LogP contribution is -2.35. The monoisotopic (exact) mass is 561 g/mol. The third kappa shape index (κ3) is 13.8. The molecule has 1 saturated heterocycles. The number of anilines is 1. The van der Waals surface area contributed by atoms with Crippen molar-refractivity contribution in [3.8, 4) is 0 Å². The minimum Gasteiger partial charge on any atom is -0.383 e. The van der Waals surface area contributed by atoms with Crippen molar-refractivity contribution in [3.05, 3.63) is 84.1 Å². The standard InChI is InChI=1S/C20H19N3O2.C12H26N2.CH2O/c1-14(17-10-8-16(13-24)9-11-17)12-22-19(21)15(2)20(25)23-18-6-4-3-5-7-18;1-4-8-14-10-6-12(7-11-14)5-9-13(2)3;1-2/h3-13H,2H2,1H3,(H2,21,22)(H,23,25);12H,4-11H2,1-3H3;1H2/b14-12+;;. The Balaban J connectivity index is 0.000000445. The number of amidine groups is 1. The van der Waals surface area contributed by atoms with Crippen LogP contribution in [0, 0.1) is 5.92 Å². The first-order valence-corrected chi connectivity index (χ1v) is 14.0. The predicted molar refractivity (Wildman–Crippen MR) is 171 cm³/mol. The fourth-order valence-corrected chi connectivity index (χ4v) is 4.24. The van der Waals surface area contributed by atoms with Crippen molar-refractivity contribution in [3.63, 3.8) is 0 Å². The van der Waals surface area contributed by atoms with Crippen LogP contribution in [0.3, 0.4) is 0 Å². The molecule has 1 aliphatic rings. The van der Waals surface area contributed by atoms with Gasteiger partial charge in [-0.15, -0.1) is 0 Å². The second-order valence-corrected chi connectivity index (χ2v) is 10.2. The molecule has 1 fully saturated rings. The van der Waals surface area contributed by atoms with E-state index in [4.69, 9.17) is 10.5 Å². The summed E-state index contributed by atoms with van der Waals surface area (Å²) in [5, 5.41) is 2.70. The van der Waals surface area contributed by atoms with E-state index in [-0.39, 0.29) is 11.4 Å². The number of hydrogen-bond acceptors (Lipinski definition) is 6. The third-order valence-electron chi connectivity index (χ3n) is 6.75. The molecule has 8 nitrogen and oxygen atoms in total. The fourth-order valence-electron chi connectivity index (χ4n) is 4.24. The smallest absolute Gasteiger partial charge is 0.258 e. The van der Waals surface area contributed by atoms with Gasteiger partial charge in [0.05, 0.1) is 5.57 Å². The van der Waals surface area contributed by atoms with Crippen molar-refractivity contribution >= 4 is 36.1 Å². The van der Waals surface area contributed by atoms with Crippen LogP contribution in [0.15, 0.2) is 77.9 Å². The summed E-state index contributed by atoms with van der Waals surface area (Å²) in [5.74, 6) is 0.622. The van der Waals surface area contributed by atoms with Crippen LogP contribution in [0.4, 0.5) is 5.69 Å². The molecular weight excluding hydrogens is 514 g/mol. The van der Waals surface area contributed by atoms with Gasteiger partial charge in [0.15, 0.2) is 0 Å². The zero-order valence-electron chi connectivity index (χ0n) is 25.1. The van der Waals surface area contributed by atoms with Crippen LogP contribution in [0.5, 0.6) is 0 Å². The normalized spacial score (nSPS) is 14.3. The Morgan fingerprint density at radius 1 is 1.10 bits per heavy atom. The maximum absolute atomic E-state index is 12.1. The van der Waals surface area contributed by atoms with Gasteiger partial charge in [-0.3, -0.25) is 9.59 Å². The molecule has 0 aromatic heterocycles. The summed E-state index contributed by atoms with van der Waals surface area (Å²) < 4.78 is 0. The molecule has 0 saturated carbocycles. The SMILES string of the molecule is C=C(C(=O)Nc1ccccc1)C(N)=N/C=C(\C)c1ccc(C=O)cc1.C=O.CCCN1CCC(CCN(C)C)CC1. The number of carbonyl (C=O) groups excluding carboxylic acids is 3. The van der Waals surface area contributed by atoms with E-state index in [2.05, 4.69) is 47.7 Å². The van der Waals surface area contributed by atoms with Gasteiger partial charge in [-0.1, -0.05) is 56.0 Å². The Bertz CT molecular complexity index is 1120. The Hall–Kier alpha value is -3.88. The molecule has 0 unspecified atom stereocenters. The summed E-state index contributed by atoms with van der Waals surface area (Å²) in [6.07, 6.45) is 7.90. The van der Waals surface area contributed by atoms with E-state index in [9.17, 15) is 9.59 Å². The molecule has 8 heteroatoms. The number of amides is 1. The van der Waals surface area contributed by atoms with Gasteiger partial charge in [-0.05, 0) is 102 Å². The van der Waals surface area contributed by atoms with Crippen molar-refractivity contribution in [1.29, 1.82) is 0 Å². The second kappa shape index (κ2) is 20.1. The fraction of sp³-hybridized carbons (Fsp3) is 0.394. The number of nitrogens with two attached hydrogens (primary N) is 1. The minimum absolute atomic E-state index is 0.0392. The van der Waals surface area contributed by atoms with Gasteiger partial charge in [0.1, 0.15) is 18.9 Å². The Kier molecular flexibility index (Phi) is 17.2. The highest BCUT2D eigenvalue weighted by Crippen LogP contribution is 2.20. The molecule has 0 atom stereocenters. The van der Waals surface area contributed by atoms with Crippen LogP contribution in [0.1, 0.15) is 55.5 Å². The van der Waals surface area contributed by atoms with E-state index >= 15 is 0 Å². The van der Waals surface area contributed by atoms with E-state index in [1.165, 1.54) is 51.9 Å². The van der Waals surface area contributed by atoms with Gasteiger partial charge >= 0.3 is 0 Å². The van der Waals surface area contributed by atoms with Crippen molar-refractivity contribution in [2.75, 3.05) is 45.6 Å². The van der Waals surface area contributed by atoms with Crippen LogP contribution < -0.4 is 11.1 Å². The number of piperidine rings is 1. The average molecular weight is 562 g/mol. The molecule has 0 spiro atoms. The first-order valence-electron chi connectivity index (χ1n) is 14.0. The number of para-hydroxylation sites is 1. The topological polar surface area (TPSA) is 108 Å². The van der Waals surface area contributed by atoms with Gasteiger partial charge in [0.2, 0.25) is 0 Å². The highest BCUT2D eigenvalue weighted by Gasteiger charge is 2.18. The number of nitrogens with zero attached hydrogens (tertiary/aromatic N) is 3. The van der Waals surface area contributed by atoms with E-state index in [0.29, 0.717) is 11.3 Å². The zero-order valence-corrected chi connectivity index (χ0v) is 25.1. The largest absolute Gasteiger partial charge is 0.383 e. The first kappa shape index (κ1) is 35.1. The molecule has 222 valence electrons. The number of aliphatic imine (C=N–C) groups is 1. The quantitative estimate of drug-likeness (QED) is 0.167. The summed E-state index contributed by atoms with van der Waals surface area (Å²) in [6.45, 7) is 15.1. The van der Waals surface area contributed by atoms with Crippen LogP contribution in [0.2, 0.25) is 0 Å². The number of nitrogens with one attached hydrogen (secondary N) is 1. The number of benzene rings is 2. The maximum Gasteiger partial charge on any atom is 0.258 e. The number of rotatable bonds is 11. The Morgan fingerprint density at radius 3 is 2.24 bits per heavy atom. The van der Waals surface area contributed by atoms with Crippen molar-refractivity contribution in [1.82, 2.24) is 9.80 Å². The van der Waals surface area contributed by atoms with Crippen molar-refractivity contribution in [2.45, 2.75) is 39.5 Å². The highest BCUT2D eigenvalue weighted by atomic mass is 16.1. The van der Waals surface area contributed by atoms with Crippen LogP contribution >= 0.6 is 0 Å². The lowest BCUT2D eigenvalue weighted by Gasteiger charge is -2.32. The maximum atomic E-state index is 12.1. The molecule has 3 rings (SSSR count). The first-order chi connectivity index (χ1) is 19.7. The summed E-state index contributed by atoms with van der Waals surface area (Å²) >= 11 is 0. The Labute approximate surface area is 246 Å². The number of carbonyl (C=O) groups is 3. The molecule has 1 heterocycles. The molecular formula is C33H47N5O3. The number of likely N-dealkylation sites (tertiary alicyclic amines) is 1. The molecule has 1 aliphatic heterocycles. The zero-order chi connectivity index (χ0) is 30.6. The predicted octanol–water partition coefficient (Wildman–Crippen LogP) is 5.29. The van der Waals surface area contributed by atoms with E-state index in [0.717, 1.165) is 23.3 Å². The second-order valence-electron chi connectivity index (χ2n) is 10.2. The molecule has 0 bridgehead atoms. The van der Waals surface area contributed by atoms with Crippen LogP contribution in [-0.2, 0) is 9.59 Å². The van der Waals surface area contributed by atoms with E-state index in [1.807, 2.05) is 44.0 Å². The molecule has 2 aromatic rings. The summed E-state index contributed by atoms with van der Waals surface area (Å²) in [7, 11) is 4.35. The lowest BCUT2D eigenvalue weighted by molar-refractivity contribution is -0.112. The minimum atomic E-state index is -0.408. The van der Waals surface area contributed by atoms with Crippen LogP contribution in [-0.4, -0.2) is 74.9 Å². The molecule has 3 N–H and O–H groups in total. The number of allylic oxidation sites excluding steroid dienone is 1. The van der Waals surface area contributed by atoms with Crippen molar-refractivity contribution < 1.29 is 14.4 Å². The van der Waals surface area contributed by atoms with Gasteiger partial charge in [0.25, 0.3) is 5.91 Å². The highest BCUT2D eigenvalue weighted by molar-refractivity contribution is 6.23. The Morgan fingerprint density at radius 2 is 1.71 bits per heavy atom. The molecule has 2 aromatic carbocycles. The van der Waals surface area contributed by atoms with Gasteiger partial charge in [-0.25, -0.2) is 4.99 Å². The van der Waals surface area contributed by atoms with Gasteiger partial charge in [0, 0.05) is 17.5 Å².